The summed E-state index contributed by atoms with van der Waals surface area (Å²) in [6, 6.07) is 0. The molecule has 0 amide bonds. The molecule has 0 radical (unpaired) electrons. The molecule has 1 heterocycles. The molecule has 0 fully saturated rings. The van der Waals surface area contributed by atoms with Crippen LogP contribution in [0, 0.1) is 0 Å². The van der Waals surface area contributed by atoms with Crippen molar-refractivity contribution < 1.29 is 9.63 Å². The first kappa shape index (κ1) is 4.33. The maximum absolute atomic E-state index is 10.2. The summed E-state index contributed by atoms with van der Waals surface area (Å²) in [5.74, 6) is 0.0475. The predicted octanol–water partition coefficient (Wildman–Crippen LogP) is -0.396. The molecule has 3 heteroatoms. The maximum atomic E-state index is 10.2. The van der Waals surface area contributed by atoms with Crippen molar-refractivity contribution in [3.8, 4) is 0 Å². The molecule has 3 nitrogen and oxygen atoms in total. The Labute approximate surface area is 40.9 Å². The quantitative estimate of drug-likeness (QED) is 0.449. The number of carbonyl (C=O) groups is 1. The van der Waals surface area contributed by atoms with E-state index in [1.54, 1.807) is 0 Å². The van der Waals surface area contributed by atoms with Gasteiger partial charge < -0.3 is 4.84 Å². The number of ketones is 1. The number of hydroxylamine groups is 1. The lowest BCUT2D eigenvalue weighted by molar-refractivity contribution is -0.116. The molecule has 1 rings (SSSR count). The van der Waals surface area contributed by atoms with E-state index in [1.807, 2.05) is 0 Å². The molecule has 1 aliphatic heterocycles. The van der Waals surface area contributed by atoms with E-state index in [-0.39, 0.29) is 12.3 Å². The summed E-state index contributed by atoms with van der Waals surface area (Å²) in [4.78, 5) is 14.7. The van der Waals surface area contributed by atoms with Crippen molar-refractivity contribution in [2.75, 3.05) is 6.54 Å². The fourth-order valence-electron chi connectivity index (χ4n) is 0.330. The standard InChI is InChI=1S/C4H5NO2/c6-4-1-2-7-5-3-4/h1-2,5H,3H2. The highest BCUT2D eigenvalue weighted by Crippen LogP contribution is 1.82. The van der Waals surface area contributed by atoms with Gasteiger partial charge in [-0.1, -0.05) is 0 Å². The van der Waals surface area contributed by atoms with Gasteiger partial charge in [0.05, 0.1) is 6.54 Å². The van der Waals surface area contributed by atoms with E-state index in [9.17, 15) is 4.79 Å². The first-order valence-electron chi connectivity index (χ1n) is 1.97. The van der Waals surface area contributed by atoms with Crippen LogP contribution in [0.3, 0.4) is 0 Å². The van der Waals surface area contributed by atoms with E-state index in [2.05, 4.69) is 10.3 Å². The van der Waals surface area contributed by atoms with Gasteiger partial charge in [0, 0.05) is 6.08 Å². The molecule has 0 aliphatic carbocycles. The second-order valence-electron chi connectivity index (χ2n) is 1.21. The summed E-state index contributed by atoms with van der Waals surface area (Å²) in [6.07, 6.45) is 2.71. The molecule has 1 aliphatic rings. The molecule has 0 unspecified atom stereocenters. The minimum Gasteiger partial charge on any atom is -0.416 e. The number of hydrogen-bond donors (Lipinski definition) is 1. The predicted molar refractivity (Wildman–Crippen MR) is 23.2 cm³/mol. The maximum Gasteiger partial charge on any atom is 0.175 e. The van der Waals surface area contributed by atoms with Crippen LogP contribution in [-0.2, 0) is 9.63 Å². The van der Waals surface area contributed by atoms with Crippen LogP contribution in [0.15, 0.2) is 12.3 Å². The van der Waals surface area contributed by atoms with Crippen LogP contribution < -0.4 is 5.48 Å². The largest absolute Gasteiger partial charge is 0.416 e. The second-order valence-corrected chi connectivity index (χ2v) is 1.21. The molecule has 0 aromatic carbocycles. The van der Waals surface area contributed by atoms with Crippen LogP contribution in [-0.4, -0.2) is 12.3 Å². The summed E-state index contributed by atoms with van der Waals surface area (Å²) in [6.45, 7) is 0.288. The van der Waals surface area contributed by atoms with Gasteiger partial charge >= 0.3 is 0 Å². The SMILES string of the molecule is O=C1C=CONC1. The van der Waals surface area contributed by atoms with Crippen LogP contribution in [0.2, 0.25) is 0 Å². The lowest BCUT2D eigenvalue weighted by Crippen LogP contribution is -2.23. The lowest BCUT2D eigenvalue weighted by Gasteiger charge is -2.02. The van der Waals surface area contributed by atoms with Crippen molar-refractivity contribution in [3.63, 3.8) is 0 Å². The third-order valence-corrected chi connectivity index (χ3v) is 0.652. The average molecular weight is 99.1 g/mol. The zero-order valence-corrected chi connectivity index (χ0v) is 3.68. The van der Waals surface area contributed by atoms with Crippen molar-refractivity contribution >= 4 is 5.78 Å². The average Bonchev–Trinajstić information content (AvgIpc) is 1.69. The molecule has 0 aromatic heterocycles. The molecule has 7 heavy (non-hydrogen) atoms. The minimum atomic E-state index is 0.0475. The monoisotopic (exact) mass is 99.0 g/mol. The Hall–Kier alpha value is -0.830. The van der Waals surface area contributed by atoms with Crippen LogP contribution in [0.25, 0.3) is 0 Å². The van der Waals surface area contributed by atoms with E-state index >= 15 is 0 Å². The molecule has 0 saturated carbocycles. The normalized spacial score (nSPS) is 19.1. The summed E-state index contributed by atoms with van der Waals surface area (Å²) >= 11 is 0. The van der Waals surface area contributed by atoms with Crippen LogP contribution in [0.5, 0.6) is 0 Å². The second kappa shape index (κ2) is 1.75. The Morgan fingerprint density at radius 3 is 3.00 bits per heavy atom. The smallest absolute Gasteiger partial charge is 0.175 e. The first-order chi connectivity index (χ1) is 3.39. The van der Waals surface area contributed by atoms with E-state index in [0.717, 1.165) is 0 Å². The summed E-state index contributed by atoms with van der Waals surface area (Å²) in [7, 11) is 0. The summed E-state index contributed by atoms with van der Waals surface area (Å²) < 4.78 is 0. The Morgan fingerprint density at radius 2 is 2.71 bits per heavy atom. The van der Waals surface area contributed by atoms with Gasteiger partial charge in [0.25, 0.3) is 0 Å². The fourth-order valence-corrected chi connectivity index (χ4v) is 0.330. The first-order valence-corrected chi connectivity index (χ1v) is 1.97. The molecule has 0 spiro atoms. The Morgan fingerprint density at radius 1 is 1.86 bits per heavy atom. The third-order valence-electron chi connectivity index (χ3n) is 0.652. The van der Waals surface area contributed by atoms with E-state index < -0.39 is 0 Å². The number of nitrogens with one attached hydrogen (secondary N) is 1. The van der Waals surface area contributed by atoms with Crippen molar-refractivity contribution in [3.05, 3.63) is 12.3 Å². The highest BCUT2D eigenvalue weighted by Gasteiger charge is 1.98. The summed E-state index contributed by atoms with van der Waals surface area (Å²) in [5.41, 5.74) is 2.40. The van der Waals surface area contributed by atoms with Gasteiger partial charge in [-0.3, -0.25) is 4.79 Å². The topological polar surface area (TPSA) is 38.3 Å². The highest BCUT2D eigenvalue weighted by molar-refractivity contribution is 5.91. The minimum absolute atomic E-state index is 0.0475. The molecular weight excluding hydrogens is 94.0 g/mol. The number of rotatable bonds is 0. The zero-order chi connectivity index (χ0) is 5.11. The van der Waals surface area contributed by atoms with Gasteiger partial charge in [-0.15, -0.1) is 5.48 Å². The van der Waals surface area contributed by atoms with Gasteiger partial charge in [0.15, 0.2) is 5.78 Å². The van der Waals surface area contributed by atoms with Crippen LogP contribution in [0.1, 0.15) is 0 Å². The van der Waals surface area contributed by atoms with Crippen LogP contribution >= 0.6 is 0 Å². The van der Waals surface area contributed by atoms with Crippen LogP contribution in [0.4, 0.5) is 0 Å². The van der Waals surface area contributed by atoms with Crippen molar-refractivity contribution in [2.24, 2.45) is 0 Å². The molecular formula is C4H5NO2. The Balaban J connectivity index is 2.51. The number of carbonyl (C=O) groups excluding carboxylic acids is 1. The third kappa shape index (κ3) is 1.01. The van der Waals surface area contributed by atoms with E-state index in [1.165, 1.54) is 12.3 Å². The Kier molecular flexibility index (Phi) is 1.08. The van der Waals surface area contributed by atoms with Gasteiger partial charge in [-0.05, 0) is 0 Å². The van der Waals surface area contributed by atoms with Gasteiger partial charge in [0.1, 0.15) is 6.26 Å². The molecule has 38 valence electrons. The number of hydrogen-bond acceptors (Lipinski definition) is 3. The van der Waals surface area contributed by atoms with Gasteiger partial charge in [-0.25, -0.2) is 0 Å². The van der Waals surface area contributed by atoms with E-state index in [0.29, 0.717) is 0 Å². The van der Waals surface area contributed by atoms with Gasteiger partial charge in [-0.2, -0.15) is 0 Å². The molecule has 0 bridgehead atoms. The molecule has 0 aromatic rings. The summed E-state index contributed by atoms with van der Waals surface area (Å²) in [5, 5.41) is 0. The van der Waals surface area contributed by atoms with E-state index in [4.69, 9.17) is 0 Å². The molecule has 0 saturated heterocycles. The Bertz CT molecular complexity index is 108. The van der Waals surface area contributed by atoms with Crippen molar-refractivity contribution in [1.82, 2.24) is 5.48 Å². The van der Waals surface area contributed by atoms with Gasteiger partial charge in [0.2, 0.25) is 0 Å². The highest BCUT2D eigenvalue weighted by atomic mass is 16.6. The molecule has 0 atom stereocenters. The molecule has 1 N–H and O–H groups in total. The lowest BCUT2D eigenvalue weighted by atomic mass is 10.4. The van der Waals surface area contributed by atoms with Crippen molar-refractivity contribution in [2.45, 2.75) is 0 Å². The van der Waals surface area contributed by atoms with Crippen molar-refractivity contribution in [1.29, 1.82) is 0 Å². The fraction of sp³-hybridized carbons (Fsp3) is 0.250. The zero-order valence-electron chi connectivity index (χ0n) is 3.68.